The van der Waals surface area contributed by atoms with Crippen LogP contribution in [0, 0.1) is 0 Å². The van der Waals surface area contributed by atoms with Gasteiger partial charge in [-0.1, -0.05) is 55.1 Å². The Morgan fingerprint density at radius 3 is 2.64 bits per heavy atom. The molecule has 0 bridgehead atoms. The predicted octanol–water partition coefficient (Wildman–Crippen LogP) is 5.22. The fourth-order valence-electron chi connectivity index (χ4n) is 4.42. The van der Waals surface area contributed by atoms with Crippen molar-refractivity contribution in [2.75, 3.05) is 12.9 Å². The van der Waals surface area contributed by atoms with Crippen molar-refractivity contribution in [3.63, 3.8) is 0 Å². The van der Waals surface area contributed by atoms with E-state index in [0.717, 1.165) is 34.2 Å². The minimum Gasteiger partial charge on any atom is -0.496 e. The molecule has 1 saturated heterocycles. The largest absolute Gasteiger partial charge is 0.496 e. The van der Waals surface area contributed by atoms with Gasteiger partial charge in [-0.3, -0.25) is 9.98 Å². The Hall–Kier alpha value is -2.53. The molecule has 1 fully saturated rings. The standard InChI is InChI=1S/C23H23N3OS/c1-3-15-14-28-23-25-21(19-10-6-7-13-24-19)22(26(15)23)18-11-12-20(27-2)17-9-5-4-8-16(17)18/h4-13,15,21-22H,3,14H2,1-2H3/t15-,21-,22-/m1/s1. The lowest BCUT2D eigenvalue weighted by molar-refractivity contribution is 0.256. The number of aromatic nitrogens is 1. The summed E-state index contributed by atoms with van der Waals surface area (Å²) in [6.07, 6.45) is 2.98. The normalized spacial score (nSPS) is 23.7. The van der Waals surface area contributed by atoms with E-state index in [1.807, 2.05) is 24.0 Å². The molecule has 28 heavy (non-hydrogen) atoms. The molecule has 0 saturated carbocycles. The molecule has 5 heteroatoms. The summed E-state index contributed by atoms with van der Waals surface area (Å²) in [4.78, 5) is 12.3. The monoisotopic (exact) mass is 389 g/mol. The van der Waals surface area contributed by atoms with Crippen LogP contribution in [0.5, 0.6) is 5.75 Å². The van der Waals surface area contributed by atoms with Crippen molar-refractivity contribution in [2.24, 2.45) is 4.99 Å². The molecule has 0 radical (unpaired) electrons. The van der Waals surface area contributed by atoms with Gasteiger partial charge in [-0.25, -0.2) is 0 Å². The van der Waals surface area contributed by atoms with Gasteiger partial charge in [0.25, 0.3) is 0 Å². The average molecular weight is 390 g/mol. The first-order chi connectivity index (χ1) is 13.8. The van der Waals surface area contributed by atoms with Crippen LogP contribution < -0.4 is 4.74 Å². The van der Waals surface area contributed by atoms with Gasteiger partial charge in [-0.15, -0.1) is 0 Å². The first kappa shape index (κ1) is 17.6. The second-order valence-electron chi connectivity index (χ2n) is 7.24. The van der Waals surface area contributed by atoms with E-state index in [4.69, 9.17) is 9.73 Å². The molecular weight excluding hydrogens is 366 g/mol. The number of benzene rings is 2. The van der Waals surface area contributed by atoms with Crippen LogP contribution in [0.3, 0.4) is 0 Å². The number of rotatable bonds is 4. The molecule has 2 aromatic carbocycles. The quantitative estimate of drug-likeness (QED) is 0.613. The number of pyridine rings is 1. The highest BCUT2D eigenvalue weighted by atomic mass is 32.2. The Morgan fingerprint density at radius 2 is 1.89 bits per heavy atom. The van der Waals surface area contributed by atoms with Crippen molar-refractivity contribution in [1.82, 2.24) is 9.88 Å². The topological polar surface area (TPSA) is 37.7 Å². The van der Waals surface area contributed by atoms with E-state index in [-0.39, 0.29) is 12.1 Å². The number of hydrogen-bond donors (Lipinski definition) is 0. The molecule has 3 heterocycles. The molecule has 0 spiro atoms. The maximum atomic E-state index is 5.63. The zero-order valence-corrected chi connectivity index (χ0v) is 16.9. The fraction of sp³-hybridized carbons (Fsp3) is 0.304. The molecule has 0 unspecified atom stereocenters. The highest BCUT2D eigenvalue weighted by Crippen LogP contribution is 2.50. The van der Waals surface area contributed by atoms with E-state index in [0.29, 0.717) is 6.04 Å². The van der Waals surface area contributed by atoms with E-state index in [1.54, 1.807) is 7.11 Å². The maximum absolute atomic E-state index is 5.63. The fourth-order valence-corrected chi connectivity index (χ4v) is 5.75. The van der Waals surface area contributed by atoms with Crippen molar-refractivity contribution in [1.29, 1.82) is 0 Å². The third kappa shape index (κ3) is 2.68. The second kappa shape index (κ2) is 7.13. The van der Waals surface area contributed by atoms with Crippen LogP contribution in [0.1, 0.15) is 36.7 Å². The number of methoxy groups -OCH3 is 1. The molecule has 4 nitrogen and oxygen atoms in total. The number of nitrogens with zero attached hydrogens (tertiary/aromatic N) is 3. The van der Waals surface area contributed by atoms with Gasteiger partial charge in [-0.2, -0.15) is 0 Å². The van der Waals surface area contributed by atoms with Crippen molar-refractivity contribution in [3.8, 4) is 5.75 Å². The van der Waals surface area contributed by atoms with E-state index >= 15 is 0 Å². The van der Waals surface area contributed by atoms with Crippen molar-refractivity contribution < 1.29 is 4.74 Å². The van der Waals surface area contributed by atoms with Gasteiger partial charge in [0.1, 0.15) is 11.8 Å². The number of ether oxygens (including phenoxy) is 1. The lowest BCUT2D eigenvalue weighted by Gasteiger charge is -2.32. The minimum absolute atomic E-state index is 0.00912. The zero-order chi connectivity index (χ0) is 19.1. The van der Waals surface area contributed by atoms with Gasteiger partial charge in [0.2, 0.25) is 0 Å². The van der Waals surface area contributed by atoms with Crippen LogP contribution in [-0.2, 0) is 0 Å². The van der Waals surface area contributed by atoms with Crippen LogP contribution in [0.15, 0.2) is 65.8 Å². The highest BCUT2D eigenvalue weighted by molar-refractivity contribution is 8.14. The maximum Gasteiger partial charge on any atom is 0.160 e. The SMILES string of the molecule is CC[C@@H]1CSC2=N[C@H](c3ccccn3)[C@@H](c3ccc(OC)c4ccccc34)N21. The third-order valence-corrected chi connectivity index (χ3v) is 6.91. The van der Waals surface area contributed by atoms with Crippen molar-refractivity contribution >= 4 is 27.7 Å². The lowest BCUT2D eigenvalue weighted by atomic mass is 9.91. The summed E-state index contributed by atoms with van der Waals surface area (Å²) in [7, 11) is 1.74. The molecule has 1 aromatic heterocycles. The molecule has 0 amide bonds. The van der Waals surface area contributed by atoms with Gasteiger partial charge in [0.05, 0.1) is 18.8 Å². The summed E-state index contributed by atoms with van der Waals surface area (Å²) >= 11 is 1.88. The Kier molecular flexibility index (Phi) is 4.47. The first-order valence-corrected chi connectivity index (χ1v) is 10.8. The minimum atomic E-state index is 0.00912. The Labute approximate surface area is 169 Å². The number of fused-ring (bicyclic) bond motifs is 2. The van der Waals surface area contributed by atoms with Crippen LogP contribution in [-0.4, -0.2) is 34.0 Å². The van der Waals surface area contributed by atoms with Crippen LogP contribution in [0.2, 0.25) is 0 Å². The van der Waals surface area contributed by atoms with Crippen LogP contribution in [0.25, 0.3) is 10.8 Å². The summed E-state index contributed by atoms with van der Waals surface area (Å²) in [5, 5.41) is 3.54. The lowest BCUT2D eigenvalue weighted by Crippen LogP contribution is -2.35. The molecule has 142 valence electrons. The van der Waals surface area contributed by atoms with Crippen LogP contribution >= 0.6 is 11.8 Å². The summed E-state index contributed by atoms with van der Waals surface area (Å²) < 4.78 is 5.63. The zero-order valence-electron chi connectivity index (χ0n) is 16.1. The molecular formula is C23H23N3OS. The Bertz CT molecular complexity index is 1040. The first-order valence-electron chi connectivity index (χ1n) is 9.77. The highest BCUT2D eigenvalue weighted by Gasteiger charge is 2.45. The summed E-state index contributed by atoms with van der Waals surface area (Å²) in [6, 6.07) is 19.6. The number of aliphatic imine (C=N–C) groups is 1. The van der Waals surface area contributed by atoms with Crippen molar-refractivity contribution in [3.05, 3.63) is 72.1 Å². The number of hydrogen-bond acceptors (Lipinski definition) is 5. The van der Waals surface area contributed by atoms with Crippen LogP contribution in [0.4, 0.5) is 0 Å². The number of amidine groups is 1. The molecule has 2 aliphatic rings. The molecule has 0 aliphatic carbocycles. The van der Waals surface area contributed by atoms with Gasteiger partial charge in [-0.05, 0) is 35.6 Å². The second-order valence-corrected chi connectivity index (χ2v) is 8.23. The molecule has 3 aromatic rings. The summed E-state index contributed by atoms with van der Waals surface area (Å²) in [5.41, 5.74) is 2.33. The predicted molar refractivity (Wildman–Crippen MR) is 116 cm³/mol. The van der Waals surface area contributed by atoms with E-state index < -0.39 is 0 Å². The summed E-state index contributed by atoms with van der Waals surface area (Å²) in [5.74, 6) is 2.02. The molecule has 0 N–H and O–H groups in total. The number of thioether (sulfide) groups is 1. The van der Waals surface area contributed by atoms with Gasteiger partial charge in [0.15, 0.2) is 5.17 Å². The van der Waals surface area contributed by atoms with Gasteiger partial charge < -0.3 is 9.64 Å². The van der Waals surface area contributed by atoms with E-state index in [1.165, 1.54) is 10.9 Å². The average Bonchev–Trinajstić information content (AvgIpc) is 3.33. The van der Waals surface area contributed by atoms with Gasteiger partial charge in [0, 0.05) is 23.4 Å². The van der Waals surface area contributed by atoms with E-state index in [9.17, 15) is 0 Å². The molecule has 5 rings (SSSR count). The smallest absolute Gasteiger partial charge is 0.160 e. The summed E-state index contributed by atoms with van der Waals surface area (Å²) in [6.45, 7) is 2.27. The van der Waals surface area contributed by atoms with Crippen molar-refractivity contribution in [2.45, 2.75) is 31.5 Å². The van der Waals surface area contributed by atoms with Gasteiger partial charge >= 0.3 is 0 Å². The van der Waals surface area contributed by atoms with E-state index in [2.05, 4.69) is 65.3 Å². The Morgan fingerprint density at radius 1 is 1.07 bits per heavy atom. The third-order valence-electron chi connectivity index (χ3n) is 5.79. The molecule has 3 atom stereocenters. The Balaban J connectivity index is 1.71. The molecule has 2 aliphatic heterocycles.